The summed E-state index contributed by atoms with van der Waals surface area (Å²) in [5.41, 5.74) is 2.21. The highest BCUT2D eigenvalue weighted by molar-refractivity contribution is 5.80. The first-order chi connectivity index (χ1) is 9.04. The van der Waals surface area contributed by atoms with Crippen molar-refractivity contribution in [2.45, 2.75) is 19.8 Å². The fraction of sp³-hybridized carbons (Fsp3) is 0.467. The van der Waals surface area contributed by atoms with E-state index in [1.54, 1.807) is 11.9 Å². The summed E-state index contributed by atoms with van der Waals surface area (Å²) in [6, 6.07) is 7.96. The van der Waals surface area contributed by atoms with Crippen molar-refractivity contribution in [1.29, 1.82) is 0 Å². The van der Waals surface area contributed by atoms with Gasteiger partial charge in [-0.2, -0.15) is 0 Å². The van der Waals surface area contributed by atoms with E-state index in [-0.39, 0.29) is 17.7 Å². The van der Waals surface area contributed by atoms with Crippen LogP contribution >= 0.6 is 0 Å². The van der Waals surface area contributed by atoms with Crippen molar-refractivity contribution in [1.82, 2.24) is 10.2 Å². The van der Waals surface area contributed by atoms with Crippen LogP contribution in [0.3, 0.4) is 0 Å². The fourth-order valence-electron chi connectivity index (χ4n) is 2.31. The summed E-state index contributed by atoms with van der Waals surface area (Å²) in [6.45, 7) is 3.35. The van der Waals surface area contributed by atoms with Crippen molar-refractivity contribution in [3.05, 3.63) is 35.4 Å². The van der Waals surface area contributed by atoms with Crippen LogP contribution in [-0.2, 0) is 16.0 Å². The van der Waals surface area contributed by atoms with E-state index >= 15 is 0 Å². The number of nitrogens with zero attached hydrogens (tertiary/aromatic N) is 1. The van der Waals surface area contributed by atoms with Gasteiger partial charge >= 0.3 is 0 Å². The Labute approximate surface area is 113 Å². The molecule has 1 aromatic carbocycles. The topological polar surface area (TPSA) is 49.4 Å². The molecule has 1 unspecified atom stereocenters. The van der Waals surface area contributed by atoms with E-state index in [1.165, 1.54) is 5.56 Å². The van der Waals surface area contributed by atoms with E-state index < -0.39 is 0 Å². The van der Waals surface area contributed by atoms with Gasteiger partial charge in [-0.05, 0) is 12.5 Å². The van der Waals surface area contributed by atoms with Crippen molar-refractivity contribution in [3.8, 4) is 0 Å². The number of carbonyl (C=O) groups excluding carboxylic acids is 2. The second-order valence-corrected chi connectivity index (χ2v) is 5.31. The maximum Gasteiger partial charge on any atom is 0.224 e. The van der Waals surface area contributed by atoms with Crippen LogP contribution in [0.4, 0.5) is 0 Å². The zero-order valence-corrected chi connectivity index (χ0v) is 11.5. The van der Waals surface area contributed by atoms with Gasteiger partial charge < -0.3 is 10.2 Å². The molecule has 1 heterocycles. The Morgan fingerprint density at radius 2 is 2.05 bits per heavy atom. The number of rotatable bonds is 4. The monoisotopic (exact) mass is 260 g/mol. The molecular formula is C15H20N2O2. The minimum Gasteiger partial charge on any atom is -0.355 e. The molecule has 1 aromatic rings. The molecule has 0 aliphatic carbocycles. The molecule has 1 aliphatic heterocycles. The lowest BCUT2D eigenvalue weighted by molar-refractivity contribution is -0.126. The van der Waals surface area contributed by atoms with Gasteiger partial charge in [0.2, 0.25) is 11.8 Å². The van der Waals surface area contributed by atoms with Crippen LogP contribution in [0.1, 0.15) is 17.5 Å². The van der Waals surface area contributed by atoms with Gasteiger partial charge in [0.05, 0.1) is 6.42 Å². The maximum absolute atomic E-state index is 11.8. The van der Waals surface area contributed by atoms with Gasteiger partial charge in [0, 0.05) is 32.5 Å². The maximum atomic E-state index is 11.8. The van der Waals surface area contributed by atoms with Gasteiger partial charge in [-0.3, -0.25) is 9.59 Å². The smallest absolute Gasteiger partial charge is 0.224 e. The molecule has 19 heavy (non-hydrogen) atoms. The van der Waals surface area contributed by atoms with Crippen LogP contribution in [0.5, 0.6) is 0 Å². The van der Waals surface area contributed by atoms with E-state index in [0.29, 0.717) is 19.4 Å². The number of amides is 2. The lowest BCUT2D eigenvalue weighted by Crippen LogP contribution is -2.31. The standard InChI is InChI=1S/C15H20N2O2/c1-11-3-5-12(6-4-11)7-14(18)16-9-13-8-15(19)17(2)10-13/h3-6,13H,7-10H2,1-2H3,(H,16,18). The molecule has 0 bridgehead atoms. The fourth-order valence-corrected chi connectivity index (χ4v) is 2.31. The zero-order chi connectivity index (χ0) is 13.8. The SMILES string of the molecule is Cc1ccc(CC(=O)NCC2CC(=O)N(C)C2)cc1. The molecule has 2 rings (SSSR count). The number of carbonyl (C=O) groups is 2. The number of likely N-dealkylation sites (tertiary alicyclic amines) is 1. The van der Waals surface area contributed by atoms with E-state index in [1.807, 2.05) is 31.2 Å². The van der Waals surface area contributed by atoms with E-state index in [2.05, 4.69) is 5.32 Å². The largest absolute Gasteiger partial charge is 0.355 e. The van der Waals surface area contributed by atoms with Crippen LogP contribution in [-0.4, -0.2) is 36.9 Å². The Balaban J connectivity index is 1.76. The van der Waals surface area contributed by atoms with Crippen molar-refractivity contribution >= 4 is 11.8 Å². The molecule has 1 atom stereocenters. The first-order valence-electron chi connectivity index (χ1n) is 6.61. The number of hydrogen-bond donors (Lipinski definition) is 1. The zero-order valence-electron chi connectivity index (χ0n) is 11.5. The molecule has 1 N–H and O–H groups in total. The first-order valence-corrected chi connectivity index (χ1v) is 6.61. The minimum absolute atomic E-state index is 0.0193. The van der Waals surface area contributed by atoms with Gasteiger partial charge in [-0.25, -0.2) is 0 Å². The summed E-state index contributed by atoms with van der Waals surface area (Å²) in [4.78, 5) is 24.9. The van der Waals surface area contributed by atoms with Crippen LogP contribution < -0.4 is 5.32 Å². The summed E-state index contributed by atoms with van der Waals surface area (Å²) in [5.74, 6) is 0.433. The van der Waals surface area contributed by atoms with E-state index in [9.17, 15) is 9.59 Å². The third-order valence-corrected chi connectivity index (χ3v) is 3.49. The molecule has 102 valence electrons. The van der Waals surface area contributed by atoms with Crippen molar-refractivity contribution in [2.24, 2.45) is 5.92 Å². The van der Waals surface area contributed by atoms with Gasteiger partial charge in [-0.15, -0.1) is 0 Å². The first kappa shape index (κ1) is 13.6. The summed E-state index contributed by atoms with van der Waals surface area (Å²) < 4.78 is 0. The van der Waals surface area contributed by atoms with Gasteiger partial charge in [0.25, 0.3) is 0 Å². The van der Waals surface area contributed by atoms with Crippen LogP contribution in [0.2, 0.25) is 0 Å². The molecular weight excluding hydrogens is 240 g/mol. The van der Waals surface area contributed by atoms with Crippen LogP contribution in [0.15, 0.2) is 24.3 Å². The summed E-state index contributed by atoms with van der Waals surface area (Å²) in [5, 5.41) is 2.91. The Morgan fingerprint density at radius 1 is 1.37 bits per heavy atom. The Bertz CT molecular complexity index is 468. The summed E-state index contributed by atoms with van der Waals surface area (Å²) in [6.07, 6.45) is 0.943. The Kier molecular flexibility index (Phi) is 4.20. The molecule has 1 saturated heterocycles. The number of benzene rings is 1. The minimum atomic E-state index is 0.0193. The van der Waals surface area contributed by atoms with Gasteiger partial charge in [0.15, 0.2) is 0 Å². The normalized spacial score (nSPS) is 18.7. The van der Waals surface area contributed by atoms with Gasteiger partial charge in [0.1, 0.15) is 0 Å². The number of nitrogens with one attached hydrogen (secondary N) is 1. The van der Waals surface area contributed by atoms with Gasteiger partial charge in [-0.1, -0.05) is 29.8 Å². The highest BCUT2D eigenvalue weighted by Gasteiger charge is 2.26. The van der Waals surface area contributed by atoms with Crippen LogP contribution in [0.25, 0.3) is 0 Å². The molecule has 1 fully saturated rings. The van der Waals surface area contributed by atoms with E-state index in [0.717, 1.165) is 12.1 Å². The van der Waals surface area contributed by atoms with Crippen LogP contribution in [0, 0.1) is 12.8 Å². The third kappa shape index (κ3) is 3.81. The lowest BCUT2D eigenvalue weighted by atomic mass is 10.1. The molecule has 0 spiro atoms. The summed E-state index contributed by atoms with van der Waals surface area (Å²) >= 11 is 0. The number of hydrogen-bond acceptors (Lipinski definition) is 2. The predicted molar refractivity (Wildman–Crippen MR) is 73.6 cm³/mol. The predicted octanol–water partition coefficient (Wildman–Crippen LogP) is 1.13. The molecule has 4 nitrogen and oxygen atoms in total. The Morgan fingerprint density at radius 3 is 2.63 bits per heavy atom. The summed E-state index contributed by atoms with van der Waals surface area (Å²) in [7, 11) is 1.80. The second-order valence-electron chi connectivity index (χ2n) is 5.31. The average molecular weight is 260 g/mol. The molecule has 2 amide bonds. The lowest BCUT2D eigenvalue weighted by Gasteiger charge is -2.11. The molecule has 0 aromatic heterocycles. The van der Waals surface area contributed by atoms with Crippen molar-refractivity contribution in [3.63, 3.8) is 0 Å². The highest BCUT2D eigenvalue weighted by atomic mass is 16.2. The second kappa shape index (κ2) is 5.87. The Hall–Kier alpha value is -1.84. The third-order valence-electron chi connectivity index (χ3n) is 3.49. The quantitative estimate of drug-likeness (QED) is 0.882. The highest BCUT2D eigenvalue weighted by Crippen LogP contribution is 2.14. The molecule has 0 radical (unpaired) electrons. The molecule has 4 heteroatoms. The van der Waals surface area contributed by atoms with Crippen molar-refractivity contribution < 1.29 is 9.59 Å². The average Bonchev–Trinajstić information content (AvgIpc) is 2.69. The molecule has 0 saturated carbocycles. The van der Waals surface area contributed by atoms with Crippen molar-refractivity contribution in [2.75, 3.05) is 20.1 Å². The van der Waals surface area contributed by atoms with E-state index in [4.69, 9.17) is 0 Å². The molecule has 1 aliphatic rings. The number of aryl methyl sites for hydroxylation is 1.